The van der Waals surface area contributed by atoms with E-state index in [0.717, 1.165) is 16.4 Å². The van der Waals surface area contributed by atoms with Crippen LogP contribution >= 0.6 is 0 Å². The van der Waals surface area contributed by atoms with Crippen molar-refractivity contribution in [2.45, 2.75) is 23.8 Å². The van der Waals surface area contributed by atoms with E-state index in [-0.39, 0.29) is 34.5 Å². The van der Waals surface area contributed by atoms with Gasteiger partial charge in [-0.1, -0.05) is 0 Å². The average molecular weight is 351 g/mol. The zero-order valence-corrected chi connectivity index (χ0v) is 13.1. The van der Waals surface area contributed by atoms with Crippen molar-refractivity contribution in [2.24, 2.45) is 0 Å². The first-order valence-corrected chi connectivity index (χ1v) is 8.55. The van der Waals surface area contributed by atoms with E-state index in [2.05, 4.69) is 4.98 Å². The summed E-state index contributed by atoms with van der Waals surface area (Å²) in [5.74, 6) is -1.21. The highest BCUT2D eigenvalue weighted by Gasteiger charge is 2.40. The summed E-state index contributed by atoms with van der Waals surface area (Å²) in [4.78, 5) is 25.5. The standard InChI is InChI=1S/C14H13N3O6S/c18-14(19)11-4-2-8-16(11)24(22,23)12-6-5-10(17(20)21)9-3-1-7-15-13(9)12/h1,3,5-7,11H,2,4,8H2,(H,18,19)/t11-/m1/s1. The Labute approximate surface area is 136 Å². The fourth-order valence-electron chi connectivity index (χ4n) is 2.90. The van der Waals surface area contributed by atoms with Gasteiger partial charge in [-0.05, 0) is 31.0 Å². The molecule has 3 rings (SSSR count). The Hall–Kier alpha value is -2.59. The summed E-state index contributed by atoms with van der Waals surface area (Å²) in [6.07, 6.45) is 2.01. The van der Waals surface area contributed by atoms with Crippen molar-refractivity contribution in [3.8, 4) is 0 Å². The second-order valence-electron chi connectivity index (χ2n) is 5.35. The third kappa shape index (κ3) is 2.49. The van der Waals surface area contributed by atoms with Gasteiger partial charge in [-0.3, -0.25) is 19.9 Å². The molecule has 0 saturated carbocycles. The van der Waals surface area contributed by atoms with Gasteiger partial charge in [0.1, 0.15) is 10.9 Å². The smallest absolute Gasteiger partial charge is 0.322 e. The predicted molar refractivity (Wildman–Crippen MR) is 82.9 cm³/mol. The Morgan fingerprint density at radius 3 is 2.79 bits per heavy atom. The van der Waals surface area contributed by atoms with E-state index in [1.807, 2.05) is 0 Å². The molecule has 1 aromatic heterocycles. The first-order valence-electron chi connectivity index (χ1n) is 7.11. The van der Waals surface area contributed by atoms with E-state index >= 15 is 0 Å². The van der Waals surface area contributed by atoms with Gasteiger partial charge in [0.2, 0.25) is 10.0 Å². The fourth-order valence-corrected chi connectivity index (χ4v) is 4.70. The molecule has 1 aliphatic heterocycles. The topological polar surface area (TPSA) is 131 Å². The van der Waals surface area contributed by atoms with E-state index in [9.17, 15) is 28.4 Å². The average Bonchev–Trinajstić information content (AvgIpc) is 3.04. The summed E-state index contributed by atoms with van der Waals surface area (Å²) < 4.78 is 26.7. The van der Waals surface area contributed by atoms with Crippen LogP contribution in [0.3, 0.4) is 0 Å². The molecule has 0 unspecified atom stereocenters. The quantitative estimate of drug-likeness (QED) is 0.650. The highest BCUT2D eigenvalue weighted by molar-refractivity contribution is 7.89. The van der Waals surface area contributed by atoms with Crippen molar-refractivity contribution in [3.63, 3.8) is 0 Å². The van der Waals surface area contributed by atoms with E-state index in [4.69, 9.17) is 0 Å². The van der Waals surface area contributed by atoms with Crippen LogP contribution in [0.1, 0.15) is 12.8 Å². The maximum Gasteiger partial charge on any atom is 0.322 e. The van der Waals surface area contributed by atoms with E-state index in [0.29, 0.717) is 6.42 Å². The second kappa shape index (κ2) is 5.80. The first-order chi connectivity index (χ1) is 11.3. The lowest BCUT2D eigenvalue weighted by Crippen LogP contribution is -2.40. The zero-order valence-electron chi connectivity index (χ0n) is 12.3. The summed E-state index contributed by atoms with van der Waals surface area (Å²) in [5.41, 5.74) is -0.295. The molecule has 24 heavy (non-hydrogen) atoms. The SMILES string of the molecule is O=C(O)[C@H]1CCCN1S(=O)(=O)c1ccc([N+](=O)[O-])c2cccnc12. The number of aromatic nitrogens is 1. The van der Waals surface area contributed by atoms with Crippen LogP contribution in [0.15, 0.2) is 35.4 Å². The van der Waals surface area contributed by atoms with Gasteiger partial charge in [-0.15, -0.1) is 0 Å². The van der Waals surface area contributed by atoms with Crippen LogP contribution in [0.5, 0.6) is 0 Å². The minimum atomic E-state index is -4.13. The van der Waals surface area contributed by atoms with E-state index < -0.39 is 27.0 Å². The highest BCUT2D eigenvalue weighted by atomic mass is 32.2. The van der Waals surface area contributed by atoms with Crippen LogP contribution in [0.4, 0.5) is 5.69 Å². The van der Waals surface area contributed by atoms with Crippen molar-refractivity contribution in [1.82, 2.24) is 9.29 Å². The Morgan fingerprint density at radius 2 is 2.12 bits per heavy atom. The minimum absolute atomic E-state index is 0.0391. The van der Waals surface area contributed by atoms with Gasteiger partial charge in [0.15, 0.2) is 0 Å². The molecular weight excluding hydrogens is 338 g/mol. The first kappa shape index (κ1) is 16.3. The molecule has 1 aliphatic rings. The number of sulfonamides is 1. The monoisotopic (exact) mass is 351 g/mol. The number of nitro groups is 1. The molecule has 1 saturated heterocycles. The number of nitrogens with zero attached hydrogens (tertiary/aromatic N) is 3. The number of rotatable bonds is 4. The molecule has 1 aromatic carbocycles. The number of fused-ring (bicyclic) bond motifs is 1. The van der Waals surface area contributed by atoms with Crippen molar-refractivity contribution < 1.29 is 23.2 Å². The van der Waals surface area contributed by atoms with Crippen LogP contribution in [0.2, 0.25) is 0 Å². The van der Waals surface area contributed by atoms with E-state index in [1.54, 1.807) is 0 Å². The number of hydrogen-bond donors (Lipinski definition) is 1. The van der Waals surface area contributed by atoms with Gasteiger partial charge in [-0.2, -0.15) is 4.31 Å². The minimum Gasteiger partial charge on any atom is -0.480 e. The molecule has 1 fully saturated rings. The molecule has 0 bridgehead atoms. The number of pyridine rings is 1. The number of carbonyl (C=O) groups is 1. The normalized spacial score (nSPS) is 18.8. The Morgan fingerprint density at radius 1 is 1.38 bits per heavy atom. The Balaban J connectivity index is 2.21. The van der Waals surface area contributed by atoms with Gasteiger partial charge >= 0.3 is 5.97 Å². The Kier molecular flexibility index (Phi) is 3.93. The van der Waals surface area contributed by atoms with Crippen molar-refractivity contribution in [2.75, 3.05) is 6.54 Å². The molecule has 2 aromatic rings. The van der Waals surface area contributed by atoms with Gasteiger partial charge < -0.3 is 5.11 Å². The van der Waals surface area contributed by atoms with Crippen LogP contribution in [0, 0.1) is 10.1 Å². The molecule has 0 aliphatic carbocycles. The largest absolute Gasteiger partial charge is 0.480 e. The molecule has 1 atom stereocenters. The highest BCUT2D eigenvalue weighted by Crippen LogP contribution is 2.33. The lowest BCUT2D eigenvalue weighted by Gasteiger charge is -2.21. The van der Waals surface area contributed by atoms with Crippen LogP contribution in [-0.2, 0) is 14.8 Å². The molecule has 1 N–H and O–H groups in total. The van der Waals surface area contributed by atoms with Crippen LogP contribution < -0.4 is 0 Å². The number of hydrogen-bond acceptors (Lipinski definition) is 6. The van der Waals surface area contributed by atoms with E-state index in [1.165, 1.54) is 18.3 Å². The van der Waals surface area contributed by atoms with Gasteiger partial charge in [0.25, 0.3) is 5.69 Å². The van der Waals surface area contributed by atoms with Gasteiger partial charge in [0.05, 0.1) is 15.8 Å². The Bertz CT molecular complexity index is 943. The fraction of sp³-hybridized carbons (Fsp3) is 0.286. The molecule has 9 nitrogen and oxygen atoms in total. The molecule has 0 spiro atoms. The molecule has 0 radical (unpaired) electrons. The lowest BCUT2D eigenvalue weighted by molar-refractivity contribution is -0.383. The number of nitro benzene ring substituents is 1. The molecule has 126 valence electrons. The third-order valence-electron chi connectivity index (χ3n) is 3.98. The number of carboxylic acids is 1. The summed E-state index contributed by atoms with van der Waals surface area (Å²) in [5, 5.41) is 20.4. The van der Waals surface area contributed by atoms with Gasteiger partial charge in [0, 0.05) is 18.8 Å². The maximum absolute atomic E-state index is 12.9. The predicted octanol–water partition coefficient (Wildman–Crippen LogP) is 1.38. The number of carboxylic acid groups (broad SMARTS) is 1. The summed E-state index contributed by atoms with van der Waals surface area (Å²) >= 11 is 0. The zero-order chi connectivity index (χ0) is 17.5. The molecule has 0 amide bonds. The number of non-ortho nitro benzene ring substituents is 1. The number of benzene rings is 1. The summed E-state index contributed by atoms with van der Waals surface area (Å²) in [6.45, 7) is 0.0879. The summed E-state index contributed by atoms with van der Waals surface area (Å²) in [7, 11) is -4.13. The van der Waals surface area contributed by atoms with Crippen LogP contribution in [-0.4, -0.2) is 46.3 Å². The van der Waals surface area contributed by atoms with Crippen LogP contribution in [0.25, 0.3) is 10.9 Å². The van der Waals surface area contributed by atoms with Crippen molar-refractivity contribution >= 4 is 32.6 Å². The summed E-state index contributed by atoms with van der Waals surface area (Å²) in [6, 6.07) is 3.96. The third-order valence-corrected chi connectivity index (χ3v) is 5.92. The van der Waals surface area contributed by atoms with Gasteiger partial charge in [-0.25, -0.2) is 8.42 Å². The molecular formula is C14H13N3O6S. The second-order valence-corrected chi connectivity index (χ2v) is 7.21. The molecule has 2 heterocycles. The van der Waals surface area contributed by atoms with Crippen molar-refractivity contribution in [3.05, 3.63) is 40.6 Å². The maximum atomic E-state index is 12.9. The lowest BCUT2D eigenvalue weighted by atomic mass is 10.2. The van der Waals surface area contributed by atoms with Crippen molar-refractivity contribution in [1.29, 1.82) is 0 Å². The number of aliphatic carboxylic acids is 1. The molecule has 10 heteroatoms.